The number of nitrogens with one attached hydrogen (secondary N) is 1. The Morgan fingerprint density at radius 2 is 1.94 bits per heavy atom. The van der Waals surface area contributed by atoms with Crippen LogP contribution in [0.3, 0.4) is 0 Å². The van der Waals surface area contributed by atoms with Gasteiger partial charge in [-0.3, -0.25) is 14.3 Å². The van der Waals surface area contributed by atoms with Crippen molar-refractivity contribution < 1.29 is 9.59 Å². The molecule has 5 rings (SSSR count). The standard InChI is InChI=1S/C26H29ClN4O2S/c1-26(25(33)28-19-10-4-2-3-5-11-19)17-31-22(15-21(29-31)23-13-8-14-34-23)24(32)30(26)16-18-9-6-7-12-20(18)27/h6-9,12-15,19H,2-5,10-11,16-17H2,1H3,(H,28,33). The zero-order valence-electron chi connectivity index (χ0n) is 19.3. The second-order valence-corrected chi connectivity index (χ2v) is 10.8. The molecule has 1 aliphatic carbocycles. The first kappa shape index (κ1) is 23.1. The number of halogens is 1. The number of carbonyl (C=O) groups excluding carboxylic acids is 2. The van der Waals surface area contributed by atoms with E-state index < -0.39 is 5.54 Å². The molecule has 8 heteroatoms. The first-order valence-corrected chi connectivity index (χ1v) is 13.2. The quantitative estimate of drug-likeness (QED) is 0.473. The topological polar surface area (TPSA) is 67.2 Å². The summed E-state index contributed by atoms with van der Waals surface area (Å²) in [4.78, 5) is 30.3. The highest BCUT2D eigenvalue weighted by atomic mass is 35.5. The number of amides is 2. The second-order valence-electron chi connectivity index (χ2n) is 9.47. The summed E-state index contributed by atoms with van der Waals surface area (Å²) in [6, 6.07) is 13.4. The number of thiophene rings is 1. The zero-order valence-corrected chi connectivity index (χ0v) is 20.9. The van der Waals surface area contributed by atoms with E-state index in [1.54, 1.807) is 20.9 Å². The van der Waals surface area contributed by atoms with Crippen molar-refractivity contribution >= 4 is 34.8 Å². The molecule has 6 nitrogen and oxygen atoms in total. The van der Waals surface area contributed by atoms with Crippen molar-refractivity contribution in [2.45, 2.75) is 70.1 Å². The van der Waals surface area contributed by atoms with Crippen LogP contribution in [0.15, 0.2) is 47.8 Å². The Kier molecular flexibility index (Phi) is 6.49. The number of hydrogen-bond donors (Lipinski definition) is 1. The molecular formula is C26H29ClN4O2S. The van der Waals surface area contributed by atoms with E-state index in [-0.39, 0.29) is 24.4 Å². The first-order valence-electron chi connectivity index (χ1n) is 11.9. The molecule has 3 heterocycles. The number of carbonyl (C=O) groups is 2. The van der Waals surface area contributed by atoms with Gasteiger partial charge in [-0.25, -0.2) is 0 Å². The van der Waals surface area contributed by atoms with Gasteiger partial charge in [0.2, 0.25) is 5.91 Å². The van der Waals surface area contributed by atoms with Crippen molar-refractivity contribution in [1.82, 2.24) is 20.0 Å². The van der Waals surface area contributed by atoms with Crippen molar-refractivity contribution in [1.29, 1.82) is 0 Å². The predicted octanol–water partition coefficient (Wildman–Crippen LogP) is 5.52. The maximum atomic E-state index is 13.8. The third-order valence-corrected chi connectivity index (χ3v) is 8.30. The van der Waals surface area contributed by atoms with Crippen LogP contribution in [0, 0.1) is 0 Å². The molecule has 0 spiro atoms. The Morgan fingerprint density at radius 1 is 1.18 bits per heavy atom. The maximum Gasteiger partial charge on any atom is 0.273 e. The fraction of sp³-hybridized carbons (Fsp3) is 0.423. The van der Waals surface area contributed by atoms with Crippen LogP contribution in [0.25, 0.3) is 10.6 Å². The van der Waals surface area contributed by atoms with Gasteiger partial charge in [0.15, 0.2) is 0 Å². The molecule has 1 atom stereocenters. The lowest BCUT2D eigenvalue weighted by molar-refractivity contribution is -0.134. The van der Waals surface area contributed by atoms with Crippen LogP contribution in [0.2, 0.25) is 5.02 Å². The maximum absolute atomic E-state index is 13.8. The minimum atomic E-state index is -1.09. The lowest BCUT2D eigenvalue weighted by Crippen LogP contribution is -2.64. The minimum absolute atomic E-state index is 0.126. The van der Waals surface area contributed by atoms with Gasteiger partial charge in [-0.05, 0) is 48.9 Å². The fourth-order valence-electron chi connectivity index (χ4n) is 5.00. The van der Waals surface area contributed by atoms with Gasteiger partial charge < -0.3 is 10.2 Å². The summed E-state index contributed by atoms with van der Waals surface area (Å²) in [5.41, 5.74) is 0.978. The Balaban J connectivity index is 1.50. The van der Waals surface area contributed by atoms with E-state index in [4.69, 9.17) is 16.7 Å². The van der Waals surface area contributed by atoms with Gasteiger partial charge in [0.05, 0.1) is 11.4 Å². The Bertz CT molecular complexity index is 1180. The molecule has 1 fully saturated rings. The monoisotopic (exact) mass is 496 g/mol. The van der Waals surface area contributed by atoms with Gasteiger partial charge in [0, 0.05) is 17.6 Å². The van der Waals surface area contributed by atoms with Gasteiger partial charge in [0.25, 0.3) is 5.91 Å². The van der Waals surface area contributed by atoms with Gasteiger partial charge in [-0.1, -0.05) is 61.5 Å². The lowest BCUT2D eigenvalue weighted by Gasteiger charge is -2.44. The van der Waals surface area contributed by atoms with Crippen LogP contribution < -0.4 is 5.32 Å². The average molecular weight is 497 g/mol. The van der Waals surface area contributed by atoms with Crippen molar-refractivity contribution in [3.8, 4) is 10.6 Å². The van der Waals surface area contributed by atoms with Crippen molar-refractivity contribution in [2.24, 2.45) is 0 Å². The van der Waals surface area contributed by atoms with Crippen molar-refractivity contribution in [3.63, 3.8) is 0 Å². The molecule has 2 aromatic heterocycles. The van der Waals surface area contributed by atoms with E-state index in [9.17, 15) is 9.59 Å². The lowest BCUT2D eigenvalue weighted by atomic mass is 9.93. The van der Waals surface area contributed by atoms with Crippen LogP contribution in [-0.4, -0.2) is 38.1 Å². The molecule has 34 heavy (non-hydrogen) atoms. The molecule has 1 unspecified atom stereocenters. The summed E-state index contributed by atoms with van der Waals surface area (Å²) in [7, 11) is 0. The number of hydrogen-bond acceptors (Lipinski definition) is 4. The van der Waals surface area contributed by atoms with Crippen LogP contribution in [0.4, 0.5) is 0 Å². The minimum Gasteiger partial charge on any atom is -0.351 e. The third kappa shape index (κ3) is 4.39. The van der Waals surface area contributed by atoms with Gasteiger partial charge in [0.1, 0.15) is 16.9 Å². The first-order chi connectivity index (χ1) is 16.5. The molecule has 1 N–H and O–H groups in total. The number of aromatic nitrogens is 2. The smallest absolute Gasteiger partial charge is 0.273 e. The molecule has 1 aliphatic heterocycles. The Labute approximate surface area is 208 Å². The van der Waals surface area contributed by atoms with E-state index in [0.29, 0.717) is 17.3 Å². The van der Waals surface area contributed by atoms with Crippen molar-refractivity contribution in [3.05, 3.63) is 64.1 Å². The summed E-state index contributed by atoms with van der Waals surface area (Å²) in [5.74, 6) is -0.335. The SMILES string of the molecule is CC1(C(=O)NC2CCCCCC2)Cn2nc(-c3cccs3)cc2C(=O)N1Cc1ccccc1Cl. The number of benzene rings is 1. The van der Waals surface area contributed by atoms with Crippen LogP contribution in [0.1, 0.15) is 61.5 Å². The summed E-state index contributed by atoms with van der Waals surface area (Å²) in [5, 5.41) is 10.6. The molecule has 1 aromatic carbocycles. The molecular weight excluding hydrogens is 468 g/mol. The summed E-state index contributed by atoms with van der Waals surface area (Å²) in [6.07, 6.45) is 6.63. The molecule has 3 aromatic rings. The average Bonchev–Trinajstić information content (AvgIpc) is 3.43. The van der Waals surface area contributed by atoms with E-state index in [1.807, 2.05) is 54.8 Å². The van der Waals surface area contributed by atoms with E-state index in [1.165, 1.54) is 12.8 Å². The second kappa shape index (κ2) is 9.55. The summed E-state index contributed by atoms with van der Waals surface area (Å²) >= 11 is 8.03. The predicted molar refractivity (Wildman–Crippen MR) is 135 cm³/mol. The number of nitrogens with zero attached hydrogens (tertiary/aromatic N) is 3. The van der Waals surface area contributed by atoms with E-state index in [2.05, 4.69) is 5.32 Å². The van der Waals surface area contributed by atoms with Crippen LogP contribution in [0.5, 0.6) is 0 Å². The summed E-state index contributed by atoms with van der Waals surface area (Å²) in [6.45, 7) is 2.40. The normalized spacial score (nSPS) is 21.2. The van der Waals surface area contributed by atoms with E-state index >= 15 is 0 Å². The van der Waals surface area contributed by atoms with Gasteiger partial charge in [-0.2, -0.15) is 5.10 Å². The van der Waals surface area contributed by atoms with Crippen LogP contribution in [-0.2, 0) is 17.9 Å². The molecule has 2 amide bonds. The largest absolute Gasteiger partial charge is 0.351 e. The molecule has 0 radical (unpaired) electrons. The highest BCUT2D eigenvalue weighted by molar-refractivity contribution is 7.13. The van der Waals surface area contributed by atoms with Gasteiger partial charge in [-0.15, -0.1) is 11.3 Å². The Hall–Kier alpha value is -2.64. The molecule has 2 aliphatic rings. The number of rotatable bonds is 5. The summed E-state index contributed by atoms with van der Waals surface area (Å²) < 4.78 is 1.70. The highest BCUT2D eigenvalue weighted by Gasteiger charge is 2.48. The zero-order chi connectivity index (χ0) is 23.7. The molecule has 0 bridgehead atoms. The molecule has 1 saturated carbocycles. The van der Waals surface area contributed by atoms with Gasteiger partial charge >= 0.3 is 0 Å². The van der Waals surface area contributed by atoms with Crippen molar-refractivity contribution in [2.75, 3.05) is 0 Å². The third-order valence-electron chi connectivity index (χ3n) is 7.04. The number of fused-ring (bicyclic) bond motifs is 1. The highest BCUT2D eigenvalue weighted by Crippen LogP contribution is 2.34. The molecule has 178 valence electrons. The Morgan fingerprint density at radius 3 is 2.65 bits per heavy atom. The molecule has 0 saturated heterocycles. The van der Waals surface area contributed by atoms with Crippen LogP contribution >= 0.6 is 22.9 Å². The fourth-order valence-corrected chi connectivity index (χ4v) is 5.87. The van der Waals surface area contributed by atoms with E-state index in [0.717, 1.165) is 41.8 Å².